The van der Waals surface area contributed by atoms with Crippen LogP contribution in [0.3, 0.4) is 0 Å². The highest BCUT2D eigenvalue weighted by atomic mass is 16.5. The van der Waals surface area contributed by atoms with Crippen LogP contribution in [0.4, 0.5) is 0 Å². The van der Waals surface area contributed by atoms with Crippen LogP contribution in [0.5, 0.6) is 11.5 Å². The fourth-order valence-electron chi connectivity index (χ4n) is 3.16. The number of phenolic OH excluding ortho intramolecular Hbond substituents is 1. The zero-order valence-electron chi connectivity index (χ0n) is 12.0. The van der Waals surface area contributed by atoms with Crippen LogP contribution in [0.1, 0.15) is 41.0 Å². The van der Waals surface area contributed by atoms with Crippen molar-refractivity contribution in [2.24, 2.45) is 0 Å². The smallest absolute Gasteiger partial charge is 0.119 e. The molecule has 104 valence electrons. The Labute approximate surface area is 120 Å². The van der Waals surface area contributed by atoms with E-state index in [0.29, 0.717) is 11.7 Å². The number of rotatable bonds is 2. The lowest BCUT2D eigenvalue weighted by atomic mass is 9.78. The highest BCUT2D eigenvalue weighted by molar-refractivity contribution is 5.46. The summed E-state index contributed by atoms with van der Waals surface area (Å²) in [6.45, 7) is 1.95. The molecule has 3 rings (SSSR count). The van der Waals surface area contributed by atoms with E-state index in [0.717, 1.165) is 17.7 Å². The van der Waals surface area contributed by atoms with Gasteiger partial charge in [0, 0.05) is 5.92 Å². The van der Waals surface area contributed by atoms with Gasteiger partial charge in [-0.3, -0.25) is 0 Å². The maximum Gasteiger partial charge on any atom is 0.119 e. The fourth-order valence-corrected chi connectivity index (χ4v) is 3.16. The number of methoxy groups -OCH3 is 1. The van der Waals surface area contributed by atoms with Crippen molar-refractivity contribution in [3.05, 3.63) is 58.7 Å². The topological polar surface area (TPSA) is 29.5 Å². The van der Waals surface area contributed by atoms with E-state index in [1.54, 1.807) is 7.11 Å². The molecule has 0 bridgehead atoms. The van der Waals surface area contributed by atoms with Crippen LogP contribution in [0.15, 0.2) is 36.4 Å². The zero-order valence-corrected chi connectivity index (χ0v) is 12.0. The monoisotopic (exact) mass is 268 g/mol. The second-order valence-electron chi connectivity index (χ2n) is 5.56. The van der Waals surface area contributed by atoms with Crippen molar-refractivity contribution in [2.75, 3.05) is 7.11 Å². The van der Waals surface area contributed by atoms with Crippen LogP contribution in [0, 0.1) is 6.92 Å². The summed E-state index contributed by atoms with van der Waals surface area (Å²) in [4.78, 5) is 0. The Morgan fingerprint density at radius 3 is 2.75 bits per heavy atom. The molecule has 1 aliphatic carbocycles. The largest absolute Gasteiger partial charge is 0.508 e. The highest BCUT2D eigenvalue weighted by Gasteiger charge is 2.22. The zero-order chi connectivity index (χ0) is 14.1. The van der Waals surface area contributed by atoms with Crippen molar-refractivity contribution in [3.8, 4) is 11.5 Å². The summed E-state index contributed by atoms with van der Waals surface area (Å²) >= 11 is 0. The summed E-state index contributed by atoms with van der Waals surface area (Å²) in [5.74, 6) is 1.75. The molecule has 1 unspecified atom stereocenters. The lowest BCUT2D eigenvalue weighted by Crippen LogP contribution is -2.11. The van der Waals surface area contributed by atoms with Gasteiger partial charge in [0.05, 0.1) is 7.11 Å². The van der Waals surface area contributed by atoms with Crippen LogP contribution in [0.25, 0.3) is 0 Å². The van der Waals surface area contributed by atoms with Gasteiger partial charge in [-0.15, -0.1) is 0 Å². The van der Waals surface area contributed by atoms with Gasteiger partial charge in [0.25, 0.3) is 0 Å². The first-order chi connectivity index (χ1) is 9.69. The SMILES string of the molecule is COc1ccc2c(c1)CCCC2c1ccc(O)c(C)c1. The minimum atomic E-state index is 0.375. The third-order valence-electron chi connectivity index (χ3n) is 4.29. The van der Waals surface area contributed by atoms with Crippen molar-refractivity contribution in [3.63, 3.8) is 0 Å². The number of hydrogen-bond acceptors (Lipinski definition) is 2. The summed E-state index contributed by atoms with van der Waals surface area (Å²) < 4.78 is 5.32. The summed E-state index contributed by atoms with van der Waals surface area (Å²) in [5, 5.41) is 9.69. The molecule has 0 saturated carbocycles. The number of hydrogen-bond donors (Lipinski definition) is 1. The van der Waals surface area contributed by atoms with Gasteiger partial charge >= 0.3 is 0 Å². The molecular weight excluding hydrogens is 248 g/mol. The second kappa shape index (κ2) is 5.20. The molecule has 1 N–H and O–H groups in total. The molecule has 0 spiro atoms. The van der Waals surface area contributed by atoms with E-state index in [1.165, 1.54) is 29.5 Å². The minimum absolute atomic E-state index is 0.375. The number of phenols is 1. The van der Waals surface area contributed by atoms with Gasteiger partial charge in [0.1, 0.15) is 11.5 Å². The quantitative estimate of drug-likeness (QED) is 0.885. The molecule has 0 aliphatic heterocycles. The molecule has 0 saturated heterocycles. The number of ether oxygens (including phenoxy) is 1. The molecule has 1 atom stereocenters. The van der Waals surface area contributed by atoms with E-state index in [-0.39, 0.29) is 0 Å². The standard InChI is InChI=1S/C18H20O2/c1-12-10-14(6-9-18(12)19)16-5-3-4-13-11-15(20-2)7-8-17(13)16/h6-11,16,19H,3-5H2,1-2H3. The maximum atomic E-state index is 9.69. The number of aromatic hydroxyl groups is 1. The lowest BCUT2D eigenvalue weighted by Gasteiger charge is -2.26. The molecule has 0 amide bonds. The molecule has 1 aliphatic rings. The van der Waals surface area contributed by atoms with Gasteiger partial charge in [0.2, 0.25) is 0 Å². The van der Waals surface area contributed by atoms with Crippen LogP contribution in [-0.4, -0.2) is 12.2 Å². The molecule has 0 aromatic heterocycles. The minimum Gasteiger partial charge on any atom is -0.508 e. The van der Waals surface area contributed by atoms with E-state index in [1.807, 2.05) is 25.1 Å². The molecule has 0 radical (unpaired) electrons. The Bertz CT molecular complexity index is 631. The highest BCUT2D eigenvalue weighted by Crippen LogP contribution is 2.39. The van der Waals surface area contributed by atoms with Crippen LogP contribution < -0.4 is 4.74 Å². The molecule has 2 aromatic rings. The number of aryl methyl sites for hydroxylation is 2. The Morgan fingerprint density at radius 1 is 1.15 bits per heavy atom. The van der Waals surface area contributed by atoms with Gasteiger partial charge < -0.3 is 9.84 Å². The molecule has 20 heavy (non-hydrogen) atoms. The second-order valence-corrected chi connectivity index (χ2v) is 5.56. The lowest BCUT2D eigenvalue weighted by molar-refractivity contribution is 0.413. The van der Waals surface area contributed by atoms with Crippen molar-refractivity contribution in [1.29, 1.82) is 0 Å². The van der Waals surface area contributed by atoms with Crippen molar-refractivity contribution in [2.45, 2.75) is 32.1 Å². The number of fused-ring (bicyclic) bond motifs is 1. The normalized spacial score (nSPS) is 17.6. The predicted molar refractivity (Wildman–Crippen MR) is 80.6 cm³/mol. The average Bonchev–Trinajstić information content (AvgIpc) is 2.49. The van der Waals surface area contributed by atoms with Gasteiger partial charge in [-0.2, -0.15) is 0 Å². The molecule has 2 heteroatoms. The summed E-state index contributed by atoms with van der Waals surface area (Å²) in [6, 6.07) is 12.4. The van der Waals surface area contributed by atoms with Crippen molar-refractivity contribution in [1.82, 2.24) is 0 Å². The third-order valence-corrected chi connectivity index (χ3v) is 4.29. The van der Waals surface area contributed by atoms with Gasteiger partial charge in [-0.1, -0.05) is 18.2 Å². The van der Waals surface area contributed by atoms with Gasteiger partial charge in [-0.25, -0.2) is 0 Å². The van der Waals surface area contributed by atoms with E-state index >= 15 is 0 Å². The van der Waals surface area contributed by atoms with Crippen molar-refractivity contribution >= 4 is 0 Å². The summed E-state index contributed by atoms with van der Waals surface area (Å²) in [7, 11) is 1.71. The Kier molecular flexibility index (Phi) is 3.39. The van der Waals surface area contributed by atoms with E-state index < -0.39 is 0 Å². The van der Waals surface area contributed by atoms with Crippen molar-refractivity contribution < 1.29 is 9.84 Å². The molecule has 0 heterocycles. The first-order valence-corrected chi connectivity index (χ1v) is 7.15. The fraction of sp³-hybridized carbons (Fsp3) is 0.333. The third kappa shape index (κ3) is 2.26. The van der Waals surface area contributed by atoms with Crippen LogP contribution >= 0.6 is 0 Å². The number of benzene rings is 2. The Balaban J connectivity index is 2.02. The van der Waals surface area contributed by atoms with Crippen LogP contribution in [-0.2, 0) is 6.42 Å². The summed E-state index contributed by atoms with van der Waals surface area (Å²) in [6.07, 6.45) is 3.49. The molecule has 2 nitrogen and oxygen atoms in total. The first-order valence-electron chi connectivity index (χ1n) is 7.15. The molecule has 2 aromatic carbocycles. The summed E-state index contributed by atoms with van der Waals surface area (Å²) in [5.41, 5.74) is 5.04. The maximum absolute atomic E-state index is 9.69. The van der Waals surface area contributed by atoms with E-state index in [9.17, 15) is 5.11 Å². The van der Waals surface area contributed by atoms with Gasteiger partial charge in [-0.05, 0) is 66.6 Å². The Hall–Kier alpha value is -1.96. The molecule has 0 fully saturated rings. The first kappa shape index (κ1) is 13.0. The average molecular weight is 268 g/mol. The Morgan fingerprint density at radius 2 is 2.00 bits per heavy atom. The van der Waals surface area contributed by atoms with E-state index in [4.69, 9.17) is 4.74 Å². The van der Waals surface area contributed by atoms with Crippen LogP contribution in [0.2, 0.25) is 0 Å². The van der Waals surface area contributed by atoms with Gasteiger partial charge in [0.15, 0.2) is 0 Å². The van der Waals surface area contributed by atoms with E-state index in [2.05, 4.69) is 18.2 Å². The molecular formula is C18H20O2. The predicted octanol–water partition coefficient (Wildman–Crippen LogP) is 4.18.